The Kier molecular flexibility index (Phi) is 3.04. The molecule has 0 amide bonds. The fraction of sp³-hybridized carbons (Fsp3) is 0.154. The molecule has 2 aromatic carbocycles. The largest absolute Gasteiger partial charge is 0.481 e. The molecule has 0 bridgehead atoms. The highest BCUT2D eigenvalue weighted by atomic mass is 19.3. The second-order valence-electron chi connectivity index (χ2n) is 3.73. The molecule has 0 spiro atoms. The number of fused-ring (bicyclic) bond motifs is 1. The van der Waals surface area contributed by atoms with Gasteiger partial charge >= 0.3 is 5.97 Å². The van der Waals surface area contributed by atoms with Crippen molar-refractivity contribution in [2.45, 2.75) is 12.8 Å². The topological polar surface area (TPSA) is 37.3 Å². The Bertz CT molecular complexity index is 564. The number of aliphatic carboxylic acids is 1. The van der Waals surface area contributed by atoms with Crippen molar-refractivity contribution in [3.05, 3.63) is 47.5 Å². The van der Waals surface area contributed by atoms with E-state index >= 15 is 0 Å². The Labute approximate surface area is 96.5 Å². The van der Waals surface area contributed by atoms with Crippen LogP contribution in [-0.4, -0.2) is 11.1 Å². The number of carbonyl (C=O) groups is 1. The summed E-state index contributed by atoms with van der Waals surface area (Å²) in [5.74, 6) is -0.972. The van der Waals surface area contributed by atoms with E-state index < -0.39 is 12.4 Å². The number of benzene rings is 2. The zero-order valence-corrected chi connectivity index (χ0v) is 8.86. The van der Waals surface area contributed by atoms with Gasteiger partial charge in [-0.3, -0.25) is 4.79 Å². The highest BCUT2D eigenvalue weighted by molar-refractivity contribution is 5.91. The molecule has 0 unspecified atom stereocenters. The Balaban J connectivity index is 2.66. The van der Waals surface area contributed by atoms with Gasteiger partial charge in [0.1, 0.15) is 0 Å². The Morgan fingerprint density at radius 3 is 2.35 bits per heavy atom. The zero-order valence-electron chi connectivity index (χ0n) is 8.86. The van der Waals surface area contributed by atoms with Crippen molar-refractivity contribution >= 4 is 16.7 Å². The maximum absolute atomic E-state index is 12.8. The molecule has 0 aromatic heterocycles. The maximum atomic E-state index is 12.8. The molecule has 4 heteroatoms. The van der Waals surface area contributed by atoms with E-state index in [9.17, 15) is 13.6 Å². The SMILES string of the molecule is O=C(O)Cc1ccc(C(F)F)c2ccccc12. The van der Waals surface area contributed by atoms with Gasteiger partial charge in [0.05, 0.1) is 6.42 Å². The highest BCUT2D eigenvalue weighted by Gasteiger charge is 2.14. The molecule has 0 saturated carbocycles. The minimum absolute atomic E-state index is 0.0604. The van der Waals surface area contributed by atoms with Crippen molar-refractivity contribution in [3.8, 4) is 0 Å². The van der Waals surface area contributed by atoms with Crippen LogP contribution >= 0.6 is 0 Å². The van der Waals surface area contributed by atoms with E-state index in [4.69, 9.17) is 5.11 Å². The minimum Gasteiger partial charge on any atom is -0.481 e. The van der Waals surface area contributed by atoms with Crippen molar-refractivity contribution in [1.29, 1.82) is 0 Å². The smallest absolute Gasteiger partial charge is 0.307 e. The van der Waals surface area contributed by atoms with Crippen molar-refractivity contribution in [3.63, 3.8) is 0 Å². The van der Waals surface area contributed by atoms with Gasteiger partial charge in [-0.05, 0) is 16.3 Å². The van der Waals surface area contributed by atoms with Crippen molar-refractivity contribution < 1.29 is 18.7 Å². The van der Waals surface area contributed by atoms with E-state index in [1.165, 1.54) is 12.1 Å². The summed E-state index contributed by atoms with van der Waals surface area (Å²) in [7, 11) is 0. The Hall–Kier alpha value is -1.97. The number of hydrogen-bond acceptors (Lipinski definition) is 1. The fourth-order valence-corrected chi connectivity index (χ4v) is 1.89. The summed E-state index contributed by atoms with van der Waals surface area (Å²) < 4.78 is 25.5. The summed E-state index contributed by atoms with van der Waals surface area (Å²) in [5.41, 5.74) is 0.493. The van der Waals surface area contributed by atoms with Crippen LogP contribution < -0.4 is 0 Å². The molecule has 1 N–H and O–H groups in total. The van der Waals surface area contributed by atoms with Gasteiger partial charge in [-0.1, -0.05) is 36.4 Å². The molecule has 0 heterocycles. The number of halogens is 2. The molecule has 88 valence electrons. The highest BCUT2D eigenvalue weighted by Crippen LogP contribution is 2.30. The molecule has 0 radical (unpaired) electrons. The maximum Gasteiger partial charge on any atom is 0.307 e. The third kappa shape index (κ3) is 2.25. The Morgan fingerprint density at radius 2 is 1.76 bits per heavy atom. The first-order valence-electron chi connectivity index (χ1n) is 5.10. The van der Waals surface area contributed by atoms with E-state index in [1.54, 1.807) is 24.3 Å². The van der Waals surface area contributed by atoms with Gasteiger partial charge in [0, 0.05) is 5.56 Å². The molecule has 0 aliphatic carbocycles. The molecule has 0 aliphatic heterocycles. The van der Waals surface area contributed by atoms with Gasteiger partial charge in [0.15, 0.2) is 0 Å². The van der Waals surface area contributed by atoms with E-state index in [-0.39, 0.29) is 12.0 Å². The van der Waals surface area contributed by atoms with Gasteiger partial charge in [-0.15, -0.1) is 0 Å². The molecule has 0 aliphatic rings. The molecule has 0 saturated heterocycles. The van der Waals surface area contributed by atoms with Gasteiger partial charge < -0.3 is 5.11 Å². The lowest BCUT2D eigenvalue weighted by molar-refractivity contribution is -0.136. The van der Waals surface area contributed by atoms with E-state index in [0.717, 1.165) is 0 Å². The van der Waals surface area contributed by atoms with Crippen LogP contribution in [0.15, 0.2) is 36.4 Å². The van der Waals surface area contributed by atoms with Crippen molar-refractivity contribution in [1.82, 2.24) is 0 Å². The van der Waals surface area contributed by atoms with Crippen LogP contribution in [0, 0.1) is 0 Å². The van der Waals surface area contributed by atoms with Crippen LogP contribution in [0.5, 0.6) is 0 Å². The third-order valence-corrected chi connectivity index (χ3v) is 2.62. The van der Waals surface area contributed by atoms with Crippen LogP contribution in [0.2, 0.25) is 0 Å². The molecular formula is C13H10F2O2. The van der Waals surface area contributed by atoms with Gasteiger partial charge in [-0.25, -0.2) is 8.78 Å². The van der Waals surface area contributed by atoms with Crippen LogP contribution in [0.25, 0.3) is 10.8 Å². The normalized spacial score (nSPS) is 11.0. The van der Waals surface area contributed by atoms with Crippen LogP contribution in [0.4, 0.5) is 8.78 Å². The summed E-state index contributed by atoms with van der Waals surface area (Å²) in [5, 5.41) is 9.75. The number of carboxylic acid groups (broad SMARTS) is 1. The summed E-state index contributed by atoms with van der Waals surface area (Å²) in [6.45, 7) is 0. The fourth-order valence-electron chi connectivity index (χ4n) is 1.89. The molecule has 0 atom stereocenters. The third-order valence-electron chi connectivity index (χ3n) is 2.62. The standard InChI is InChI=1S/C13H10F2O2/c14-13(15)11-6-5-8(7-12(16)17)9-3-1-2-4-10(9)11/h1-6,13H,7H2,(H,16,17). The van der Waals surface area contributed by atoms with Gasteiger partial charge in [0.25, 0.3) is 6.43 Å². The predicted molar refractivity (Wildman–Crippen MR) is 60.2 cm³/mol. The molecule has 17 heavy (non-hydrogen) atoms. The lowest BCUT2D eigenvalue weighted by Crippen LogP contribution is -2.01. The summed E-state index contributed by atoms with van der Waals surface area (Å²) in [6.07, 6.45) is -2.72. The monoisotopic (exact) mass is 236 g/mol. The quantitative estimate of drug-likeness (QED) is 0.886. The molecule has 2 nitrogen and oxygen atoms in total. The molecular weight excluding hydrogens is 226 g/mol. The number of hydrogen-bond donors (Lipinski definition) is 1. The van der Waals surface area contributed by atoms with Crippen molar-refractivity contribution in [2.75, 3.05) is 0 Å². The first-order chi connectivity index (χ1) is 8.09. The lowest BCUT2D eigenvalue weighted by Gasteiger charge is -2.09. The van der Waals surface area contributed by atoms with Gasteiger partial charge in [0.2, 0.25) is 0 Å². The second-order valence-corrected chi connectivity index (χ2v) is 3.73. The number of alkyl halides is 2. The summed E-state index contributed by atoms with van der Waals surface area (Å²) in [4.78, 5) is 10.7. The average Bonchev–Trinajstić information content (AvgIpc) is 2.28. The van der Waals surface area contributed by atoms with Gasteiger partial charge in [-0.2, -0.15) is 0 Å². The first-order valence-corrected chi connectivity index (χ1v) is 5.10. The minimum atomic E-state index is -2.56. The van der Waals surface area contributed by atoms with Crippen molar-refractivity contribution in [2.24, 2.45) is 0 Å². The number of carboxylic acids is 1. The molecule has 2 aromatic rings. The van der Waals surface area contributed by atoms with Crippen LogP contribution in [0.1, 0.15) is 17.6 Å². The zero-order chi connectivity index (χ0) is 12.4. The summed E-state index contributed by atoms with van der Waals surface area (Å²) >= 11 is 0. The van der Waals surface area contributed by atoms with E-state index in [2.05, 4.69) is 0 Å². The Morgan fingerprint density at radius 1 is 1.12 bits per heavy atom. The van der Waals surface area contributed by atoms with E-state index in [1.807, 2.05) is 0 Å². The van der Waals surface area contributed by atoms with Crippen LogP contribution in [0.3, 0.4) is 0 Å². The molecule has 2 rings (SSSR count). The lowest BCUT2D eigenvalue weighted by atomic mass is 9.98. The summed E-state index contributed by atoms with van der Waals surface area (Å²) in [6, 6.07) is 9.38. The number of rotatable bonds is 3. The van der Waals surface area contributed by atoms with Crippen LogP contribution in [-0.2, 0) is 11.2 Å². The van der Waals surface area contributed by atoms with E-state index in [0.29, 0.717) is 16.3 Å². The first kappa shape index (κ1) is 11.5. The molecule has 0 fully saturated rings. The average molecular weight is 236 g/mol. The second kappa shape index (κ2) is 4.49. The predicted octanol–water partition coefficient (Wildman–Crippen LogP) is 3.40.